The quantitative estimate of drug-likeness (QED) is 0.332. The molecule has 31 heavy (non-hydrogen) atoms. The van der Waals surface area contributed by atoms with Crippen LogP contribution < -0.4 is 4.74 Å². The second-order valence-corrected chi connectivity index (χ2v) is 6.97. The molecule has 0 heterocycles. The van der Waals surface area contributed by atoms with Crippen molar-refractivity contribution in [2.75, 3.05) is 0 Å². The van der Waals surface area contributed by atoms with Crippen LogP contribution in [0.3, 0.4) is 0 Å². The summed E-state index contributed by atoms with van der Waals surface area (Å²) in [5, 5.41) is 20.9. The van der Waals surface area contributed by atoms with Crippen LogP contribution in [0.1, 0.15) is 22.3 Å². The predicted molar refractivity (Wildman–Crippen MR) is 127 cm³/mol. The highest BCUT2D eigenvalue weighted by molar-refractivity contribution is 5.78. The van der Waals surface area contributed by atoms with E-state index < -0.39 is 0 Å². The van der Waals surface area contributed by atoms with Crippen LogP contribution in [-0.4, -0.2) is 10.2 Å². The maximum absolute atomic E-state index is 10.4. The Labute approximate surface area is 181 Å². The molecule has 0 saturated heterocycles. The van der Waals surface area contributed by atoms with Crippen molar-refractivity contribution >= 4 is 24.3 Å². The first-order chi connectivity index (χ1) is 15.2. The van der Waals surface area contributed by atoms with Crippen LogP contribution in [-0.2, 0) is 0 Å². The number of phenols is 2. The summed E-state index contributed by atoms with van der Waals surface area (Å²) in [4.78, 5) is 0. The van der Waals surface area contributed by atoms with Crippen LogP contribution in [0.2, 0.25) is 0 Å². The Hall–Kier alpha value is -4.24. The first-order valence-electron chi connectivity index (χ1n) is 9.99. The Balaban J connectivity index is 1.67. The molecule has 4 aromatic carbocycles. The zero-order chi connectivity index (χ0) is 21.5. The minimum Gasteiger partial charge on any atom is -0.507 e. The molecule has 0 unspecified atom stereocenters. The number of phenolic OH excluding ortho intramolecular Hbond substituents is 2. The average molecular weight is 406 g/mol. The minimum atomic E-state index is 0.117. The number of hydrogen-bond donors (Lipinski definition) is 2. The van der Waals surface area contributed by atoms with Gasteiger partial charge in [0.25, 0.3) is 0 Å². The van der Waals surface area contributed by atoms with Crippen LogP contribution in [0, 0.1) is 0 Å². The Bertz CT molecular complexity index is 1110. The first kappa shape index (κ1) is 20.0. The summed E-state index contributed by atoms with van der Waals surface area (Å²) >= 11 is 0. The van der Waals surface area contributed by atoms with Gasteiger partial charge in [0.1, 0.15) is 23.0 Å². The third kappa shape index (κ3) is 5.03. The van der Waals surface area contributed by atoms with Gasteiger partial charge in [0.05, 0.1) is 11.1 Å². The Morgan fingerprint density at radius 3 is 1.29 bits per heavy atom. The van der Waals surface area contributed by atoms with Crippen LogP contribution in [0.15, 0.2) is 97.1 Å². The molecule has 3 nitrogen and oxygen atoms in total. The topological polar surface area (TPSA) is 49.7 Å². The van der Waals surface area contributed by atoms with Gasteiger partial charge in [0.2, 0.25) is 0 Å². The molecule has 0 atom stereocenters. The van der Waals surface area contributed by atoms with E-state index in [2.05, 4.69) is 0 Å². The summed E-state index contributed by atoms with van der Waals surface area (Å²) in [6.45, 7) is 0. The molecule has 4 rings (SSSR count). The molecule has 0 saturated carbocycles. The van der Waals surface area contributed by atoms with Gasteiger partial charge in [-0.3, -0.25) is 0 Å². The molecule has 2 N–H and O–H groups in total. The summed E-state index contributed by atoms with van der Waals surface area (Å²) in [7, 11) is 0. The fourth-order valence-corrected chi connectivity index (χ4v) is 3.18. The molecule has 152 valence electrons. The zero-order valence-electron chi connectivity index (χ0n) is 16.8. The summed E-state index contributed by atoms with van der Waals surface area (Å²) in [6, 6.07) is 30.0. The largest absolute Gasteiger partial charge is 0.507 e. The molecule has 3 heteroatoms. The normalized spacial score (nSPS) is 11.2. The van der Waals surface area contributed by atoms with Crippen molar-refractivity contribution in [1.29, 1.82) is 0 Å². The lowest BCUT2D eigenvalue weighted by Gasteiger charge is -2.13. The third-order valence-electron chi connectivity index (χ3n) is 4.79. The molecule has 0 aliphatic heterocycles. The molecule has 0 aliphatic rings. The number of benzene rings is 4. The van der Waals surface area contributed by atoms with E-state index in [4.69, 9.17) is 4.74 Å². The highest BCUT2D eigenvalue weighted by atomic mass is 16.5. The molecule has 0 bridgehead atoms. The third-order valence-corrected chi connectivity index (χ3v) is 4.79. The monoisotopic (exact) mass is 406 g/mol. The lowest BCUT2D eigenvalue weighted by atomic mass is 10.1. The van der Waals surface area contributed by atoms with Gasteiger partial charge in [-0.1, -0.05) is 84.9 Å². The van der Waals surface area contributed by atoms with Crippen LogP contribution in [0.25, 0.3) is 24.3 Å². The maximum atomic E-state index is 10.4. The van der Waals surface area contributed by atoms with Crippen LogP contribution >= 0.6 is 0 Å². The second-order valence-electron chi connectivity index (χ2n) is 6.97. The fourth-order valence-electron chi connectivity index (χ4n) is 3.18. The van der Waals surface area contributed by atoms with Crippen LogP contribution in [0.5, 0.6) is 23.0 Å². The number of ether oxygens (including phenoxy) is 1. The van der Waals surface area contributed by atoms with Crippen molar-refractivity contribution in [2.24, 2.45) is 0 Å². The van der Waals surface area contributed by atoms with Gasteiger partial charge < -0.3 is 14.9 Å². The number of aromatic hydroxyl groups is 2. The number of hydrogen-bond acceptors (Lipinski definition) is 3. The molecule has 0 fully saturated rings. The molecule has 0 spiro atoms. The summed E-state index contributed by atoms with van der Waals surface area (Å²) < 4.78 is 6.16. The van der Waals surface area contributed by atoms with Crippen molar-refractivity contribution in [3.63, 3.8) is 0 Å². The van der Waals surface area contributed by atoms with Gasteiger partial charge in [-0.2, -0.15) is 0 Å². The van der Waals surface area contributed by atoms with Gasteiger partial charge in [0.15, 0.2) is 0 Å². The average Bonchev–Trinajstić information content (AvgIpc) is 2.80. The second kappa shape index (κ2) is 9.51. The number of rotatable bonds is 6. The summed E-state index contributed by atoms with van der Waals surface area (Å²) in [5.41, 5.74) is 3.15. The van der Waals surface area contributed by atoms with Gasteiger partial charge in [-0.05, 0) is 47.5 Å². The Morgan fingerprint density at radius 1 is 0.452 bits per heavy atom. The Morgan fingerprint density at radius 2 is 0.871 bits per heavy atom. The van der Waals surface area contributed by atoms with Crippen molar-refractivity contribution in [2.45, 2.75) is 0 Å². The van der Waals surface area contributed by atoms with E-state index in [1.807, 2.05) is 85.0 Å². The van der Waals surface area contributed by atoms with E-state index in [-0.39, 0.29) is 11.5 Å². The molecule has 0 aromatic heterocycles. The molecular weight excluding hydrogens is 384 g/mol. The van der Waals surface area contributed by atoms with E-state index in [1.165, 1.54) is 0 Å². The molecular formula is C28H22O3. The zero-order valence-corrected chi connectivity index (χ0v) is 16.8. The Kier molecular flexibility index (Phi) is 6.15. The maximum Gasteiger partial charge on any atom is 0.138 e. The molecule has 0 aliphatic carbocycles. The lowest BCUT2D eigenvalue weighted by molar-refractivity contribution is 0.443. The van der Waals surface area contributed by atoms with Gasteiger partial charge in [0, 0.05) is 0 Å². The van der Waals surface area contributed by atoms with Crippen molar-refractivity contribution in [3.8, 4) is 23.0 Å². The van der Waals surface area contributed by atoms with Gasteiger partial charge >= 0.3 is 0 Å². The van der Waals surface area contributed by atoms with Gasteiger partial charge in [-0.15, -0.1) is 0 Å². The first-order valence-corrected chi connectivity index (χ1v) is 9.99. The molecule has 0 radical (unpaired) electrons. The SMILES string of the molecule is Oc1cccc(Oc2cccc(O)c2C=Cc2ccccc2)c1C=Cc1ccccc1. The van der Waals surface area contributed by atoms with Crippen LogP contribution in [0.4, 0.5) is 0 Å². The minimum absolute atomic E-state index is 0.117. The smallest absolute Gasteiger partial charge is 0.138 e. The molecule has 0 amide bonds. The highest BCUT2D eigenvalue weighted by Crippen LogP contribution is 2.37. The standard InChI is InChI=1S/C28H22O3/c29-25-13-7-15-27(23(25)19-17-21-9-3-1-4-10-21)31-28-16-8-14-26(30)24(28)20-18-22-11-5-2-6-12-22/h1-20,29-30H. The highest BCUT2D eigenvalue weighted by Gasteiger charge is 2.11. The van der Waals surface area contributed by atoms with E-state index in [9.17, 15) is 10.2 Å². The van der Waals surface area contributed by atoms with E-state index in [0.717, 1.165) is 11.1 Å². The van der Waals surface area contributed by atoms with Crippen molar-refractivity contribution < 1.29 is 14.9 Å². The predicted octanol–water partition coefficient (Wildman–Crippen LogP) is 7.23. The van der Waals surface area contributed by atoms with Crippen molar-refractivity contribution in [1.82, 2.24) is 0 Å². The summed E-state index contributed by atoms with van der Waals surface area (Å²) in [6.07, 6.45) is 7.48. The molecule has 4 aromatic rings. The van der Waals surface area contributed by atoms with E-state index in [0.29, 0.717) is 22.6 Å². The fraction of sp³-hybridized carbons (Fsp3) is 0. The van der Waals surface area contributed by atoms with E-state index in [1.54, 1.807) is 36.4 Å². The summed E-state index contributed by atoms with van der Waals surface area (Å²) in [5.74, 6) is 1.22. The van der Waals surface area contributed by atoms with Gasteiger partial charge in [-0.25, -0.2) is 0 Å². The van der Waals surface area contributed by atoms with Crippen molar-refractivity contribution in [3.05, 3.63) is 119 Å². The van der Waals surface area contributed by atoms with E-state index >= 15 is 0 Å². The lowest BCUT2D eigenvalue weighted by Crippen LogP contribution is -1.91.